The minimum atomic E-state index is -0.402. The number of fused-ring (bicyclic) bond motifs is 1. The fourth-order valence-corrected chi connectivity index (χ4v) is 3.47. The summed E-state index contributed by atoms with van der Waals surface area (Å²) in [5.41, 5.74) is 5.44. The van der Waals surface area contributed by atoms with Gasteiger partial charge in [0, 0.05) is 26.2 Å². The Bertz CT molecular complexity index is 563. The van der Waals surface area contributed by atoms with E-state index in [0.717, 1.165) is 14.7 Å². The van der Waals surface area contributed by atoms with Crippen LogP contribution in [0.15, 0.2) is 6.07 Å². The van der Waals surface area contributed by atoms with E-state index in [1.54, 1.807) is 11.3 Å². The molecule has 0 radical (unpaired) electrons. The monoisotopic (exact) mass is 298 g/mol. The van der Waals surface area contributed by atoms with Crippen LogP contribution >= 0.6 is 22.7 Å². The van der Waals surface area contributed by atoms with E-state index in [-0.39, 0.29) is 5.91 Å². The van der Waals surface area contributed by atoms with Crippen molar-refractivity contribution in [3.05, 3.63) is 10.9 Å². The molecule has 0 spiro atoms. The number of rotatable bonds is 4. The topological polar surface area (TPSA) is 71.2 Å². The molecule has 7 heteroatoms. The van der Waals surface area contributed by atoms with Crippen molar-refractivity contribution in [1.82, 2.24) is 10.3 Å². The van der Waals surface area contributed by atoms with E-state index in [4.69, 9.17) is 5.73 Å². The Morgan fingerprint density at radius 1 is 1.47 bits per heavy atom. The van der Waals surface area contributed by atoms with Crippen LogP contribution in [-0.4, -0.2) is 37.1 Å². The average molecular weight is 298 g/mol. The van der Waals surface area contributed by atoms with Crippen molar-refractivity contribution in [1.29, 1.82) is 0 Å². The maximum atomic E-state index is 12.0. The minimum Gasteiger partial charge on any atom is -0.354 e. The van der Waals surface area contributed by atoms with E-state index in [0.29, 0.717) is 11.4 Å². The Morgan fingerprint density at radius 3 is 2.68 bits per heavy atom. The quantitative estimate of drug-likeness (QED) is 0.904. The standard InChI is InChI=1S/C12H18N4OS2/c1-12(2,13)6-14-9(17)7-5-8-10(18-7)15-11(19-8)16(3)4/h5H,6,13H2,1-4H3,(H,14,17). The van der Waals surface area contributed by atoms with E-state index in [9.17, 15) is 4.79 Å². The summed E-state index contributed by atoms with van der Waals surface area (Å²) in [5.74, 6) is -0.0832. The molecule has 1 amide bonds. The lowest BCUT2D eigenvalue weighted by molar-refractivity contribution is 0.0950. The van der Waals surface area contributed by atoms with Gasteiger partial charge in [-0.15, -0.1) is 11.3 Å². The van der Waals surface area contributed by atoms with E-state index in [2.05, 4.69) is 10.3 Å². The first-order valence-corrected chi connectivity index (χ1v) is 7.54. The number of carbonyl (C=O) groups is 1. The molecule has 0 unspecified atom stereocenters. The molecular formula is C12H18N4OS2. The molecule has 0 fully saturated rings. The first-order chi connectivity index (χ1) is 8.76. The highest BCUT2D eigenvalue weighted by Gasteiger charge is 2.17. The van der Waals surface area contributed by atoms with Crippen molar-refractivity contribution in [3.8, 4) is 0 Å². The summed E-state index contributed by atoms with van der Waals surface area (Å²) in [6.45, 7) is 4.21. The number of hydrogen-bond donors (Lipinski definition) is 2. The zero-order valence-corrected chi connectivity index (χ0v) is 13.1. The van der Waals surface area contributed by atoms with Gasteiger partial charge in [0.15, 0.2) is 5.13 Å². The third-order valence-electron chi connectivity index (χ3n) is 2.39. The fraction of sp³-hybridized carbons (Fsp3) is 0.500. The van der Waals surface area contributed by atoms with Crippen LogP contribution in [0.25, 0.3) is 9.53 Å². The Labute approximate surface area is 120 Å². The third kappa shape index (κ3) is 3.43. The molecule has 0 aliphatic heterocycles. The second-order valence-corrected chi connectivity index (χ2v) is 7.38. The lowest BCUT2D eigenvalue weighted by Crippen LogP contribution is -2.44. The van der Waals surface area contributed by atoms with Gasteiger partial charge in [-0.05, 0) is 19.9 Å². The highest BCUT2D eigenvalue weighted by atomic mass is 32.1. The minimum absolute atomic E-state index is 0.0832. The van der Waals surface area contributed by atoms with Gasteiger partial charge in [0.25, 0.3) is 5.91 Å². The van der Waals surface area contributed by atoms with Crippen LogP contribution in [0, 0.1) is 0 Å². The third-order valence-corrected chi connectivity index (χ3v) is 4.72. The Hall–Kier alpha value is -1.18. The van der Waals surface area contributed by atoms with Crippen LogP contribution in [0.5, 0.6) is 0 Å². The lowest BCUT2D eigenvalue weighted by atomic mass is 10.1. The second-order valence-electron chi connectivity index (χ2n) is 5.34. The molecule has 0 aliphatic rings. The highest BCUT2D eigenvalue weighted by molar-refractivity contribution is 7.29. The van der Waals surface area contributed by atoms with Gasteiger partial charge < -0.3 is 16.0 Å². The predicted molar refractivity (Wildman–Crippen MR) is 82.4 cm³/mol. The number of nitrogens with one attached hydrogen (secondary N) is 1. The summed E-state index contributed by atoms with van der Waals surface area (Å²) >= 11 is 3.00. The maximum absolute atomic E-state index is 12.0. The average Bonchev–Trinajstić information content (AvgIpc) is 2.81. The van der Waals surface area contributed by atoms with Crippen LogP contribution in [0.3, 0.4) is 0 Å². The van der Waals surface area contributed by atoms with E-state index in [1.807, 2.05) is 38.9 Å². The van der Waals surface area contributed by atoms with Gasteiger partial charge in [-0.25, -0.2) is 4.98 Å². The molecule has 0 atom stereocenters. The Balaban J connectivity index is 2.13. The SMILES string of the molecule is CN(C)c1nc2sc(C(=O)NCC(C)(C)N)cc2s1. The van der Waals surface area contributed by atoms with Crippen LogP contribution in [-0.2, 0) is 0 Å². The summed E-state index contributed by atoms with van der Waals surface area (Å²) in [7, 11) is 3.92. The summed E-state index contributed by atoms with van der Waals surface area (Å²) in [6.07, 6.45) is 0. The lowest BCUT2D eigenvalue weighted by Gasteiger charge is -2.18. The molecule has 5 nitrogen and oxygen atoms in total. The van der Waals surface area contributed by atoms with Crippen LogP contribution < -0.4 is 16.0 Å². The van der Waals surface area contributed by atoms with Crippen LogP contribution in [0.4, 0.5) is 5.13 Å². The Morgan fingerprint density at radius 2 is 2.16 bits per heavy atom. The largest absolute Gasteiger partial charge is 0.354 e. The van der Waals surface area contributed by atoms with Crippen molar-refractivity contribution in [3.63, 3.8) is 0 Å². The molecule has 0 aliphatic carbocycles. The van der Waals surface area contributed by atoms with Crippen molar-refractivity contribution in [2.75, 3.05) is 25.5 Å². The Kier molecular flexibility index (Phi) is 3.80. The summed E-state index contributed by atoms with van der Waals surface area (Å²) < 4.78 is 1.05. The van der Waals surface area contributed by atoms with E-state index < -0.39 is 5.54 Å². The van der Waals surface area contributed by atoms with Gasteiger partial charge in [0.1, 0.15) is 4.83 Å². The van der Waals surface area contributed by atoms with Crippen LogP contribution in [0.1, 0.15) is 23.5 Å². The first-order valence-electron chi connectivity index (χ1n) is 5.91. The molecule has 0 bridgehead atoms. The number of thiazole rings is 1. The van der Waals surface area contributed by atoms with Crippen molar-refractivity contribution in [2.45, 2.75) is 19.4 Å². The number of thiophene rings is 1. The highest BCUT2D eigenvalue weighted by Crippen LogP contribution is 2.33. The van der Waals surface area contributed by atoms with Crippen molar-refractivity contribution < 1.29 is 4.79 Å². The number of aromatic nitrogens is 1. The molecule has 0 saturated heterocycles. The first kappa shape index (κ1) is 14.2. The van der Waals surface area contributed by atoms with Crippen molar-refractivity contribution >= 4 is 43.2 Å². The van der Waals surface area contributed by atoms with Gasteiger partial charge in [-0.1, -0.05) is 11.3 Å². The smallest absolute Gasteiger partial charge is 0.261 e. The predicted octanol–water partition coefficient (Wildman–Crippen LogP) is 1.89. The molecule has 104 valence electrons. The normalized spacial score (nSPS) is 11.8. The van der Waals surface area contributed by atoms with Gasteiger partial charge in [0.05, 0.1) is 9.58 Å². The molecular weight excluding hydrogens is 280 g/mol. The molecule has 2 aromatic rings. The molecule has 2 heterocycles. The second kappa shape index (κ2) is 5.07. The summed E-state index contributed by atoms with van der Waals surface area (Å²) in [4.78, 5) is 20.0. The molecule has 2 aromatic heterocycles. The van der Waals surface area contributed by atoms with E-state index in [1.165, 1.54) is 11.3 Å². The number of hydrogen-bond acceptors (Lipinski definition) is 6. The van der Waals surface area contributed by atoms with Gasteiger partial charge in [-0.3, -0.25) is 4.79 Å². The molecule has 2 rings (SSSR count). The van der Waals surface area contributed by atoms with E-state index >= 15 is 0 Å². The molecule has 19 heavy (non-hydrogen) atoms. The number of carbonyl (C=O) groups excluding carboxylic acids is 1. The molecule has 3 N–H and O–H groups in total. The summed E-state index contributed by atoms with van der Waals surface area (Å²) in [5, 5.41) is 3.79. The van der Waals surface area contributed by atoms with Crippen molar-refractivity contribution in [2.24, 2.45) is 5.73 Å². The fourth-order valence-electron chi connectivity index (χ4n) is 1.42. The maximum Gasteiger partial charge on any atom is 0.261 e. The zero-order chi connectivity index (χ0) is 14.2. The number of nitrogens with two attached hydrogens (primary N) is 1. The molecule has 0 saturated carbocycles. The van der Waals surface area contributed by atoms with Gasteiger partial charge in [0.2, 0.25) is 0 Å². The number of nitrogens with zero attached hydrogens (tertiary/aromatic N) is 2. The zero-order valence-electron chi connectivity index (χ0n) is 11.5. The summed E-state index contributed by atoms with van der Waals surface area (Å²) in [6, 6.07) is 1.89. The number of anilines is 1. The van der Waals surface area contributed by atoms with Crippen LogP contribution in [0.2, 0.25) is 0 Å². The number of amides is 1. The molecule has 0 aromatic carbocycles. The van der Waals surface area contributed by atoms with Gasteiger partial charge >= 0.3 is 0 Å². The van der Waals surface area contributed by atoms with Gasteiger partial charge in [-0.2, -0.15) is 0 Å².